The summed E-state index contributed by atoms with van der Waals surface area (Å²) in [4.78, 5) is 15.0. The fraction of sp³-hybridized carbons (Fsp3) is 0. The van der Waals surface area contributed by atoms with Gasteiger partial charge in [-0.1, -0.05) is 12.1 Å². The number of carbonyl (C=O) groups excluding carboxylic acids is 1. The lowest BCUT2D eigenvalue weighted by Gasteiger charge is -2.10. The Kier molecular flexibility index (Phi) is 3.48. The van der Waals surface area contributed by atoms with Crippen LogP contribution in [0.3, 0.4) is 0 Å². The summed E-state index contributed by atoms with van der Waals surface area (Å²) in [6.07, 6.45) is 2.69. The van der Waals surface area contributed by atoms with Gasteiger partial charge < -0.3 is 5.73 Å². The lowest BCUT2D eigenvalue weighted by atomic mass is 10.2. The van der Waals surface area contributed by atoms with Crippen molar-refractivity contribution in [3.8, 4) is 0 Å². The second kappa shape index (κ2) is 5.07. The van der Waals surface area contributed by atoms with Gasteiger partial charge in [0.05, 0.1) is 11.3 Å². The van der Waals surface area contributed by atoms with E-state index in [2.05, 4.69) is 9.71 Å². The molecular formula is C12H11N3O3S. The third-order valence-corrected chi connectivity index (χ3v) is 3.73. The number of carbonyl (C=O) groups is 1. The van der Waals surface area contributed by atoms with Crippen molar-refractivity contribution >= 4 is 21.6 Å². The monoisotopic (exact) mass is 277 g/mol. The Morgan fingerprint density at radius 3 is 2.53 bits per heavy atom. The number of sulfonamides is 1. The highest BCUT2D eigenvalue weighted by atomic mass is 32.2. The van der Waals surface area contributed by atoms with Crippen molar-refractivity contribution in [1.29, 1.82) is 0 Å². The average Bonchev–Trinajstić information content (AvgIpc) is 2.39. The van der Waals surface area contributed by atoms with E-state index in [0.717, 1.165) is 0 Å². The molecule has 0 bridgehead atoms. The minimum atomic E-state index is -3.79. The van der Waals surface area contributed by atoms with Crippen LogP contribution in [0.4, 0.5) is 5.69 Å². The number of hydrogen-bond donors (Lipinski definition) is 2. The Morgan fingerprint density at radius 2 is 1.89 bits per heavy atom. The smallest absolute Gasteiger partial charge is 0.263 e. The van der Waals surface area contributed by atoms with E-state index in [1.54, 1.807) is 12.1 Å². The molecule has 0 saturated carbocycles. The first kappa shape index (κ1) is 13.0. The van der Waals surface area contributed by atoms with Gasteiger partial charge in [0, 0.05) is 12.4 Å². The zero-order chi connectivity index (χ0) is 13.9. The molecule has 19 heavy (non-hydrogen) atoms. The summed E-state index contributed by atoms with van der Waals surface area (Å²) >= 11 is 0. The van der Waals surface area contributed by atoms with Crippen LogP contribution in [0.5, 0.6) is 0 Å². The van der Waals surface area contributed by atoms with Crippen LogP contribution in [0.25, 0.3) is 0 Å². The minimum absolute atomic E-state index is 0.00859. The Balaban J connectivity index is 2.39. The highest BCUT2D eigenvalue weighted by Crippen LogP contribution is 2.19. The van der Waals surface area contributed by atoms with Gasteiger partial charge in [-0.05, 0) is 24.3 Å². The van der Waals surface area contributed by atoms with E-state index in [1.807, 2.05) is 0 Å². The second-order valence-corrected chi connectivity index (χ2v) is 5.39. The van der Waals surface area contributed by atoms with Crippen LogP contribution in [0.1, 0.15) is 10.4 Å². The number of pyridine rings is 1. The number of primary amides is 1. The number of benzene rings is 1. The van der Waals surface area contributed by atoms with Gasteiger partial charge in [-0.2, -0.15) is 0 Å². The highest BCUT2D eigenvalue weighted by molar-refractivity contribution is 7.92. The van der Waals surface area contributed by atoms with Crippen LogP contribution in [0.15, 0.2) is 53.7 Å². The first-order valence-corrected chi connectivity index (χ1v) is 6.81. The average molecular weight is 277 g/mol. The van der Waals surface area contributed by atoms with Crippen LogP contribution in [-0.2, 0) is 10.0 Å². The molecule has 0 fully saturated rings. The zero-order valence-electron chi connectivity index (χ0n) is 9.78. The summed E-state index contributed by atoms with van der Waals surface area (Å²) in [5, 5.41) is 0. The fourth-order valence-corrected chi connectivity index (χ4v) is 2.54. The van der Waals surface area contributed by atoms with Gasteiger partial charge in [-0.3, -0.25) is 14.5 Å². The molecule has 0 atom stereocenters. The minimum Gasteiger partial charge on any atom is -0.366 e. The van der Waals surface area contributed by atoms with Crippen molar-refractivity contribution < 1.29 is 13.2 Å². The van der Waals surface area contributed by atoms with Crippen molar-refractivity contribution in [2.24, 2.45) is 5.73 Å². The van der Waals surface area contributed by atoms with E-state index in [0.29, 0.717) is 0 Å². The highest BCUT2D eigenvalue weighted by Gasteiger charge is 2.17. The van der Waals surface area contributed by atoms with Crippen molar-refractivity contribution in [3.63, 3.8) is 0 Å². The van der Waals surface area contributed by atoms with Gasteiger partial charge in [0.15, 0.2) is 0 Å². The molecule has 1 aromatic heterocycles. The molecule has 1 heterocycles. The van der Waals surface area contributed by atoms with Gasteiger partial charge in [0.2, 0.25) is 0 Å². The number of rotatable bonds is 4. The van der Waals surface area contributed by atoms with Gasteiger partial charge in [0.25, 0.3) is 15.9 Å². The molecule has 1 amide bonds. The predicted octanol–water partition coefficient (Wildman–Crippen LogP) is 0.981. The quantitative estimate of drug-likeness (QED) is 0.869. The zero-order valence-corrected chi connectivity index (χ0v) is 10.6. The summed E-state index contributed by atoms with van der Waals surface area (Å²) in [6.45, 7) is 0. The number of para-hydroxylation sites is 1. The van der Waals surface area contributed by atoms with Crippen LogP contribution in [0, 0.1) is 0 Å². The Bertz CT molecular complexity index is 699. The summed E-state index contributed by atoms with van der Waals surface area (Å²) < 4.78 is 26.5. The summed E-state index contributed by atoms with van der Waals surface area (Å²) in [6, 6.07) is 9.03. The van der Waals surface area contributed by atoms with Crippen LogP contribution < -0.4 is 10.5 Å². The Morgan fingerprint density at radius 1 is 1.16 bits per heavy atom. The number of nitrogens with two attached hydrogens (primary N) is 1. The Labute approximate surface area is 110 Å². The van der Waals surface area contributed by atoms with E-state index in [1.165, 1.54) is 36.7 Å². The van der Waals surface area contributed by atoms with E-state index in [4.69, 9.17) is 5.73 Å². The van der Waals surface area contributed by atoms with E-state index >= 15 is 0 Å². The molecule has 0 aliphatic rings. The number of hydrogen-bond acceptors (Lipinski definition) is 4. The fourth-order valence-electron chi connectivity index (χ4n) is 1.50. The number of anilines is 1. The third kappa shape index (κ3) is 2.89. The molecule has 0 spiro atoms. The maximum atomic E-state index is 12.1. The van der Waals surface area contributed by atoms with Crippen LogP contribution in [-0.4, -0.2) is 19.3 Å². The molecule has 98 valence electrons. The van der Waals surface area contributed by atoms with Crippen LogP contribution in [0.2, 0.25) is 0 Å². The van der Waals surface area contributed by atoms with Gasteiger partial charge in [-0.25, -0.2) is 8.42 Å². The topological polar surface area (TPSA) is 102 Å². The first-order chi connectivity index (χ1) is 9.00. The standard InChI is InChI=1S/C12H11N3O3S/c13-12(16)10-5-1-2-6-11(10)15-19(17,18)9-4-3-7-14-8-9/h1-8,15H,(H2,13,16). The number of aromatic nitrogens is 1. The molecule has 0 aliphatic carbocycles. The lowest BCUT2D eigenvalue weighted by molar-refractivity contribution is 0.100. The van der Waals surface area contributed by atoms with Crippen molar-refractivity contribution in [1.82, 2.24) is 4.98 Å². The number of nitrogens with one attached hydrogen (secondary N) is 1. The van der Waals surface area contributed by atoms with E-state index in [9.17, 15) is 13.2 Å². The van der Waals surface area contributed by atoms with E-state index < -0.39 is 15.9 Å². The second-order valence-electron chi connectivity index (χ2n) is 3.70. The van der Waals surface area contributed by atoms with Gasteiger partial charge >= 0.3 is 0 Å². The molecule has 0 unspecified atom stereocenters. The normalized spacial score (nSPS) is 10.9. The van der Waals surface area contributed by atoms with Gasteiger partial charge in [-0.15, -0.1) is 0 Å². The predicted molar refractivity (Wildman–Crippen MR) is 70.0 cm³/mol. The van der Waals surface area contributed by atoms with Crippen molar-refractivity contribution in [2.75, 3.05) is 4.72 Å². The van der Waals surface area contributed by atoms with Crippen molar-refractivity contribution in [3.05, 3.63) is 54.4 Å². The molecule has 3 N–H and O–H groups in total. The first-order valence-electron chi connectivity index (χ1n) is 5.32. The summed E-state index contributed by atoms with van der Waals surface area (Å²) in [5.41, 5.74) is 5.43. The van der Waals surface area contributed by atoms with Crippen molar-refractivity contribution in [2.45, 2.75) is 4.90 Å². The van der Waals surface area contributed by atoms with Crippen LogP contribution >= 0.6 is 0 Å². The largest absolute Gasteiger partial charge is 0.366 e. The molecule has 1 aromatic carbocycles. The van der Waals surface area contributed by atoms with Gasteiger partial charge in [0.1, 0.15) is 4.90 Å². The number of nitrogens with zero attached hydrogens (tertiary/aromatic N) is 1. The molecule has 6 nitrogen and oxygen atoms in total. The molecule has 0 saturated heterocycles. The third-order valence-electron chi connectivity index (χ3n) is 2.38. The number of amides is 1. The molecular weight excluding hydrogens is 266 g/mol. The molecule has 0 aliphatic heterocycles. The maximum absolute atomic E-state index is 12.1. The summed E-state index contributed by atoms with van der Waals surface area (Å²) in [7, 11) is -3.79. The maximum Gasteiger partial charge on any atom is 0.263 e. The van der Waals surface area contributed by atoms with E-state index in [-0.39, 0.29) is 16.1 Å². The molecule has 7 heteroatoms. The summed E-state index contributed by atoms with van der Waals surface area (Å²) in [5.74, 6) is -0.704. The lowest BCUT2D eigenvalue weighted by Crippen LogP contribution is -2.18. The SMILES string of the molecule is NC(=O)c1ccccc1NS(=O)(=O)c1cccnc1. The molecule has 2 aromatic rings. The Hall–Kier alpha value is -2.41. The molecule has 2 rings (SSSR count). The molecule has 0 radical (unpaired) electrons.